The smallest absolute Gasteiger partial charge is 0.237 e. The molecule has 0 amide bonds. The number of pyridine rings is 2. The van der Waals surface area contributed by atoms with E-state index in [0.717, 1.165) is 22.6 Å². The van der Waals surface area contributed by atoms with Gasteiger partial charge < -0.3 is 34.5 Å². The SMILES string of the molecule is C.C.Cc1nc(C(C)(O)CN)cc2c1OC[C@]2(C)COP.Cc1nc(C(C)(O)C[N+](=O)[O-])cc2c1OC[C@]2(C)COP.[Ar].[Ar]. The molecule has 4 heterocycles. The van der Waals surface area contributed by atoms with Gasteiger partial charge in [-0.15, -0.1) is 0 Å². The fraction of sp³-hybridized carbons (Fsp3) is 0.643. The minimum atomic E-state index is -1.63. The predicted octanol–water partition coefficient (Wildman–Crippen LogP) is 3.62. The van der Waals surface area contributed by atoms with Crippen molar-refractivity contribution < 1.29 is 109 Å². The van der Waals surface area contributed by atoms with Crippen LogP contribution in [0.4, 0.5) is 0 Å². The van der Waals surface area contributed by atoms with Gasteiger partial charge in [-0.1, -0.05) is 14.9 Å². The molecule has 12 nitrogen and oxygen atoms in total. The van der Waals surface area contributed by atoms with Crippen molar-refractivity contribution in [1.29, 1.82) is 0 Å². The number of aromatic nitrogens is 2. The van der Waals surface area contributed by atoms with Crippen LogP contribution in [-0.2, 0) is 31.1 Å². The third kappa shape index (κ3) is 10.2. The molecule has 0 saturated heterocycles. The molecule has 44 heavy (non-hydrogen) atoms. The van der Waals surface area contributed by atoms with Gasteiger partial charge in [0, 0.05) is 117 Å². The van der Waals surface area contributed by atoms with Crippen molar-refractivity contribution in [3.8, 4) is 11.5 Å². The Bertz CT molecular complexity index is 1270. The van der Waals surface area contributed by atoms with E-state index in [2.05, 4.69) is 35.8 Å². The zero-order valence-electron chi connectivity index (χ0n) is 24.5. The monoisotopic (exact) mass is 710 g/mol. The molecule has 0 spiro atoms. The minimum Gasteiger partial charge on any atom is -0.490 e. The fourth-order valence-corrected chi connectivity index (χ4v) is 5.53. The molecule has 4 rings (SSSR count). The molecule has 2 aliphatic heterocycles. The number of nitrogens with zero attached hydrogens (tertiary/aromatic N) is 3. The van der Waals surface area contributed by atoms with E-state index in [0.29, 0.717) is 43.6 Å². The average Bonchev–Trinajstić information content (AvgIpc) is 3.37. The molecule has 254 valence electrons. The molecule has 6 atom stereocenters. The van der Waals surface area contributed by atoms with Gasteiger partial charge in [0.2, 0.25) is 6.54 Å². The van der Waals surface area contributed by atoms with Crippen molar-refractivity contribution in [2.75, 3.05) is 39.5 Å². The van der Waals surface area contributed by atoms with E-state index in [1.165, 1.54) is 6.92 Å². The van der Waals surface area contributed by atoms with Crippen LogP contribution in [-0.4, -0.2) is 64.6 Å². The molecule has 0 fully saturated rings. The van der Waals surface area contributed by atoms with Gasteiger partial charge in [-0.2, -0.15) is 0 Å². The number of hydrogen-bond donors (Lipinski definition) is 3. The van der Waals surface area contributed by atoms with Gasteiger partial charge in [0.1, 0.15) is 30.3 Å². The minimum absolute atomic E-state index is 0. The Morgan fingerprint density at radius 3 is 1.61 bits per heavy atom. The van der Waals surface area contributed by atoms with E-state index in [1.807, 2.05) is 19.9 Å². The van der Waals surface area contributed by atoms with Gasteiger partial charge in [-0.05, 0) is 53.7 Å². The largest absolute Gasteiger partial charge is 0.490 e. The van der Waals surface area contributed by atoms with Crippen LogP contribution in [0, 0.1) is 99.4 Å². The van der Waals surface area contributed by atoms with Crippen LogP contribution in [0.3, 0.4) is 0 Å². The number of hydrogen-bond acceptors (Lipinski definition) is 11. The van der Waals surface area contributed by atoms with Crippen LogP contribution < -0.4 is 15.2 Å². The molecular weight excluding hydrogens is 662 g/mol. The summed E-state index contributed by atoms with van der Waals surface area (Å²) in [6.07, 6.45) is 0. The molecule has 0 bridgehead atoms. The Morgan fingerprint density at radius 1 is 0.932 bits per heavy atom. The van der Waals surface area contributed by atoms with E-state index in [4.69, 9.17) is 24.3 Å². The van der Waals surface area contributed by atoms with Crippen LogP contribution in [0.2, 0.25) is 0 Å². The molecule has 0 aliphatic carbocycles. The maximum atomic E-state index is 10.7. The van der Waals surface area contributed by atoms with E-state index in [-0.39, 0.29) is 113 Å². The van der Waals surface area contributed by atoms with E-state index in [9.17, 15) is 20.3 Å². The zero-order chi connectivity index (χ0) is 30.1. The standard InChI is InChI=1S/C13H19N2O5P.C13H21N2O3P.2CH4.2Ar/c1-8-11-9(12(2,6-19-11)7-20-21)4-10(14-8)13(3,16)5-15(17)18;1-8-11-9(12(2,6-17-11)7-18-19)4-10(15-8)13(3,16)5-14;;;;/h4,16H,5-7,21H2,1-3H3;4,16H,5-7,14,19H2,1-3H3;2*1H4;;/t2*12-,13?;;;;/m11..../s1. The van der Waals surface area contributed by atoms with Crippen LogP contribution in [0.1, 0.15) is 76.5 Å². The molecule has 0 aromatic carbocycles. The van der Waals surface area contributed by atoms with E-state index in [1.54, 1.807) is 19.9 Å². The number of aliphatic hydroxyl groups is 2. The summed E-state index contributed by atoms with van der Waals surface area (Å²) in [7, 11) is 4.47. The number of nitrogens with two attached hydrogens (primary N) is 1. The Balaban J connectivity index is 0. The van der Waals surface area contributed by atoms with E-state index >= 15 is 0 Å². The second-order valence-corrected chi connectivity index (χ2v) is 12.2. The van der Waals surface area contributed by atoms with Crippen molar-refractivity contribution in [2.24, 2.45) is 5.73 Å². The first-order chi connectivity index (χ1) is 18.5. The first-order valence-corrected chi connectivity index (χ1v) is 13.7. The normalized spacial score (nSPS) is 21.8. The number of fused-ring (bicyclic) bond motifs is 2. The Labute approximate surface area is 326 Å². The van der Waals surface area contributed by atoms with E-state index < -0.39 is 22.7 Å². The molecule has 4 N–H and O–H groups in total. The summed E-state index contributed by atoms with van der Waals surface area (Å²) < 4.78 is 21.8. The quantitative estimate of drug-likeness (QED) is 0.197. The summed E-state index contributed by atoms with van der Waals surface area (Å²) in [4.78, 5) is 18.8. The summed E-state index contributed by atoms with van der Waals surface area (Å²) in [5.41, 5.74) is 6.35. The first-order valence-electron chi connectivity index (χ1n) is 12.7. The number of aryl methyl sites for hydroxylation is 2. The van der Waals surface area contributed by atoms with Crippen molar-refractivity contribution in [3.05, 3.63) is 56.1 Å². The molecular formula is C28H48Ar2N4O8P2. The van der Waals surface area contributed by atoms with Crippen LogP contribution in [0.5, 0.6) is 11.5 Å². The maximum Gasteiger partial charge on any atom is 0.237 e. The third-order valence-corrected chi connectivity index (χ3v) is 7.73. The average molecular weight is 711 g/mol. The second kappa shape index (κ2) is 18.3. The van der Waals surface area contributed by atoms with Crippen LogP contribution in [0.25, 0.3) is 0 Å². The van der Waals surface area contributed by atoms with Gasteiger partial charge in [0.25, 0.3) is 0 Å². The summed E-state index contributed by atoms with van der Waals surface area (Å²) in [6, 6.07) is 3.56. The van der Waals surface area contributed by atoms with Gasteiger partial charge in [-0.25, -0.2) is 0 Å². The third-order valence-electron chi connectivity index (χ3n) is 7.40. The number of ether oxygens (including phenoxy) is 2. The van der Waals surface area contributed by atoms with Crippen molar-refractivity contribution in [1.82, 2.24) is 9.97 Å². The Kier molecular flexibility index (Phi) is 19.4. The molecule has 2 aromatic rings. The Morgan fingerprint density at radius 2 is 1.30 bits per heavy atom. The second-order valence-electron chi connectivity index (χ2n) is 11.5. The van der Waals surface area contributed by atoms with Gasteiger partial charge in [0.15, 0.2) is 5.60 Å². The summed E-state index contributed by atoms with van der Waals surface area (Å²) in [5.74, 6) is 1.46. The fourth-order valence-electron chi connectivity index (χ4n) is 4.80. The molecule has 4 unspecified atom stereocenters. The summed E-state index contributed by atoms with van der Waals surface area (Å²) in [6.45, 7) is 12.2. The van der Waals surface area contributed by atoms with Gasteiger partial charge in [0.05, 0.1) is 46.8 Å². The molecule has 0 saturated carbocycles. The van der Waals surface area contributed by atoms with Crippen LogP contribution in [0.15, 0.2) is 12.1 Å². The predicted molar refractivity (Wildman–Crippen MR) is 168 cm³/mol. The zero-order valence-corrected chi connectivity index (χ0v) is 28.2. The molecule has 2 aromatic heterocycles. The molecule has 16 heteroatoms. The topological polar surface area (TPSA) is 172 Å². The molecule has 2 aliphatic rings. The Hall–Kier alpha value is 0.479. The van der Waals surface area contributed by atoms with Crippen LogP contribution >= 0.6 is 18.9 Å². The maximum absolute atomic E-state index is 10.7. The van der Waals surface area contributed by atoms with Crippen molar-refractivity contribution in [2.45, 2.75) is 78.4 Å². The molecule has 0 radical (unpaired) electrons. The number of rotatable bonds is 9. The number of nitro groups is 1. The summed E-state index contributed by atoms with van der Waals surface area (Å²) in [5, 5.41) is 31.3. The summed E-state index contributed by atoms with van der Waals surface area (Å²) >= 11 is 0. The van der Waals surface area contributed by atoms with Gasteiger partial charge >= 0.3 is 0 Å². The first kappa shape index (κ1) is 46.6. The van der Waals surface area contributed by atoms with Crippen molar-refractivity contribution >= 4 is 18.9 Å². The van der Waals surface area contributed by atoms with Crippen molar-refractivity contribution in [3.63, 3.8) is 0 Å². The van der Waals surface area contributed by atoms with Gasteiger partial charge in [-0.3, -0.25) is 20.1 Å².